The molecular formula is C21H19F4N5O. The second-order valence-electron chi connectivity index (χ2n) is 7.22. The van der Waals surface area contributed by atoms with Crippen molar-refractivity contribution >= 4 is 11.7 Å². The van der Waals surface area contributed by atoms with Gasteiger partial charge in [0.05, 0.1) is 34.9 Å². The molecule has 0 spiro atoms. The topological polar surface area (TPSA) is 54.3 Å². The molecule has 31 heavy (non-hydrogen) atoms. The maximum absolute atomic E-state index is 13.1. The number of benzene rings is 1. The number of alkyl halides is 3. The minimum absolute atomic E-state index is 0.234. The van der Waals surface area contributed by atoms with Crippen LogP contribution in [-0.4, -0.2) is 51.8 Å². The summed E-state index contributed by atoms with van der Waals surface area (Å²) in [6, 6.07) is 7.75. The molecule has 162 valence electrons. The number of nitrogens with zero attached hydrogens (tertiary/aromatic N) is 5. The average Bonchev–Trinajstić information content (AvgIpc) is 3.15. The Hall–Kier alpha value is -3.43. The highest BCUT2D eigenvalue weighted by molar-refractivity contribution is 5.95. The molecule has 3 heterocycles. The van der Waals surface area contributed by atoms with Crippen molar-refractivity contribution in [1.29, 1.82) is 0 Å². The first-order valence-corrected chi connectivity index (χ1v) is 9.62. The number of carbonyl (C=O) groups is 1. The van der Waals surface area contributed by atoms with Crippen LogP contribution in [0.4, 0.5) is 23.4 Å². The lowest BCUT2D eigenvalue weighted by Crippen LogP contribution is -2.49. The molecule has 0 aliphatic carbocycles. The lowest BCUT2D eigenvalue weighted by molar-refractivity contribution is -0.137. The van der Waals surface area contributed by atoms with Crippen LogP contribution in [0.25, 0.3) is 5.69 Å². The van der Waals surface area contributed by atoms with Crippen molar-refractivity contribution in [3.63, 3.8) is 0 Å². The van der Waals surface area contributed by atoms with E-state index in [-0.39, 0.29) is 11.6 Å². The van der Waals surface area contributed by atoms with Crippen molar-refractivity contribution in [2.45, 2.75) is 13.1 Å². The highest BCUT2D eigenvalue weighted by Crippen LogP contribution is 2.30. The normalized spacial score (nSPS) is 14.7. The van der Waals surface area contributed by atoms with E-state index >= 15 is 0 Å². The largest absolute Gasteiger partial charge is 0.416 e. The molecule has 1 fully saturated rings. The minimum Gasteiger partial charge on any atom is -0.353 e. The molecule has 1 amide bonds. The Morgan fingerprint density at radius 1 is 1.03 bits per heavy atom. The number of anilines is 1. The predicted molar refractivity (Wildman–Crippen MR) is 106 cm³/mol. The van der Waals surface area contributed by atoms with Gasteiger partial charge in [-0.05, 0) is 37.3 Å². The highest BCUT2D eigenvalue weighted by atomic mass is 19.4. The van der Waals surface area contributed by atoms with Crippen molar-refractivity contribution in [2.75, 3.05) is 31.1 Å². The summed E-state index contributed by atoms with van der Waals surface area (Å²) in [7, 11) is 0. The standard InChI is InChI=1S/C21H19F4N5O/c1-14-18(13-27-30(14)17-4-2-3-15(11-17)21(23,24)25)20(31)29-9-7-28(8-10-29)19-6-5-16(22)12-26-19/h2-6,11-13H,7-10H2,1H3. The predicted octanol–water partition coefficient (Wildman–Crippen LogP) is 3.70. The van der Waals surface area contributed by atoms with Gasteiger partial charge in [-0.25, -0.2) is 14.1 Å². The van der Waals surface area contributed by atoms with Gasteiger partial charge in [0.1, 0.15) is 11.6 Å². The second-order valence-corrected chi connectivity index (χ2v) is 7.22. The fourth-order valence-electron chi connectivity index (χ4n) is 3.56. The van der Waals surface area contributed by atoms with Crippen molar-refractivity contribution in [3.05, 3.63) is 71.4 Å². The molecule has 2 aromatic heterocycles. The molecule has 1 aromatic carbocycles. The van der Waals surface area contributed by atoms with Crippen molar-refractivity contribution in [1.82, 2.24) is 19.7 Å². The Morgan fingerprint density at radius 3 is 2.42 bits per heavy atom. The van der Waals surface area contributed by atoms with E-state index in [1.165, 1.54) is 29.1 Å². The van der Waals surface area contributed by atoms with E-state index in [1.54, 1.807) is 17.9 Å². The summed E-state index contributed by atoms with van der Waals surface area (Å²) in [5, 5.41) is 4.14. The van der Waals surface area contributed by atoms with E-state index in [0.29, 0.717) is 43.3 Å². The molecule has 1 saturated heterocycles. The van der Waals surface area contributed by atoms with Crippen LogP contribution in [0.2, 0.25) is 0 Å². The molecule has 4 rings (SSSR count). The molecule has 0 N–H and O–H groups in total. The van der Waals surface area contributed by atoms with E-state index in [4.69, 9.17) is 0 Å². The number of carbonyl (C=O) groups excluding carboxylic acids is 1. The smallest absolute Gasteiger partial charge is 0.353 e. The van der Waals surface area contributed by atoms with Gasteiger partial charge in [0.15, 0.2) is 0 Å². The van der Waals surface area contributed by atoms with Crippen molar-refractivity contribution in [2.24, 2.45) is 0 Å². The van der Waals surface area contributed by atoms with Gasteiger partial charge in [-0.2, -0.15) is 18.3 Å². The lowest BCUT2D eigenvalue weighted by atomic mass is 10.1. The van der Waals surface area contributed by atoms with Crippen LogP contribution in [0, 0.1) is 12.7 Å². The second kappa shape index (κ2) is 8.01. The first-order valence-electron chi connectivity index (χ1n) is 9.62. The molecule has 6 nitrogen and oxygen atoms in total. The van der Waals surface area contributed by atoms with Crippen LogP contribution in [0.1, 0.15) is 21.6 Å². The molecule has 10 heteroatoms. The zero-order valence-corrected chi connectivity index (χ0v) is 16.6. The van der Waals surface area contributed by atoms with Gasteiger partial charge in [0.25, 0.3) is 5.91 Å². The van der Waals surface area contributed by atoms with Gasteiger partial charge >= 0.3 is 6.18 Å². The molecule has 0 saturated carbocycles. The fourth-order valence-corrected chi connectivity index (χ4v) is 3.56. The summed E-state index contributed by atoms with van der Waals surface area (Å²) in [4.78, 5) is 20.7. The summed E-state index contributed by atoms with van der Waals surface area (Å²) >= 11 is 0. The quantitative estimate of drug-likeness (QED) is 0.592. The third kappa shape index (κ3) is 4.23. The number of halogens is 4. The molecule has 3 aromatic rings. The molecular weight excluding hydrogens is 414 g/mol. The maximum atomic E-state index is 13.1. The van der Waals surface area contributed by atoms with E-state index in [2.05, 4.69) is 10.1 Å². The van der Waals surface area contributed by atoms with E-state index in [0.717, 1.165) is 18.3 Å². The van der Waals surface area contributed by atoms with Crippen LogP contribution in [0.3, 0.4) is 0 Å². The number of aromatic nitrogens is 3. The molecule has 0 unspecified atom stereocenters. The zero-order valence-electron chi connectivity index (χ0n) is 16.6. The summed E-state index contributed by atoms with van der Waals surface area (Å²) in [6.07, 6.45) is -1.93. The number of piperazine rings is 1. The third-order valence-electron chi connectivity index (χ3n) is 5.26. The third-order valence-corrected chi connectivity index (χ3v) is 5.26. The van der Waals surface area contributed by atoms with Crippen LogP contribution in [0.15, 0.2) is 48.8 Å². The number of amides is 1. The van der Waals surface area contributed by atoms with Crippen LogP contribution >= 0.6 is 0 Å². The molecule has 1 aliphatic heterocycles. The number of hydrogen-bond donors (Lipinski definition) is 0. The maximum Gasteiger partial charge on any atom is 0.416 e. The fraction of sp³-hybridized carbons (Fsp3) is 0.286. The van der Waals surface area contributed by atoms with Gasteiger partial charge in [0.2, 0.25) is 0 Å². The van der Waals surface area contributed by atoms with Crippen LogP contribution < -0.4 is 4.90 Å². The Balaban J connectivity index is 1.48. The van der Waals surface area contributed by atoms with Crippen molar-refractivity contribution < 1.29 is 22.4 Å². The Labute approximate surface area is 175 Å². The Bertz CT molecular complexity index is 1090. The average molecular weight is 433 g/mol. The monoisotopic (exact) mass is 433 g/mol. The van der Waals surface area contributed by atoms with Crippen LogP contribution in [-0.2, 0) is 6.18 Å². The van der Waals surface area contributed by atoms with Gasteiger partial charge in [-0.3, -0.25) is 4.79 Å². The summed E-state index contributed by atoms with van der Waals surface area (Å²) in [6.45, 7) is 3.59. The highest BCUT2D eigenvalue weighted by Gasteiger charge is 2.31. The van der Waals surface area contributed by atoms with E-state index in [9.17, 15) is 22.4 Å². The van der Waals surface area contributed by atoms with E-state index < -0.39 is 17.6 Å². The van der Waals surface area contributed by atoms with Crippen molar-refractivity contribution in [3.8, 4) is 5.69 Å². The Morgan fingerprint density at radius 2 is 1.77 bits per heavy atom. The van der Waals surface area contributed by atoms with Gasteiger partial charge in [0, 0.05) is 26.2 Å². The number of rotatable bonds is 3. The zero-order chi connectivity index (χ0) is 22.2. The first-order chi connectivity index (χ1) is 14.7. The molecule has 0 atom stereocenters. The molecule has 0 radical (unpaired) electrons. The SMILES string of the molecule is Cc1c(C(=O)N2CCN(c3ccc(F)cn3)CC2)cnn1-c1cccc(C(F)(F)F)c1. The summed E-state index contributed by atoms with van der Waals surface area (Å²) in [5.74, 6) is -0.00434. The Kier molecular flexibility index (Phi) is 5.38. The summed E-state index contributed by atoms with van der Waals surface area (Å²) in [5.41, 5.74) is 0.259. The van der Waals surface area contributed by atoms with Gasteiger partial charge in [-0.1, -0.05) is 6.07 Å². The molecule has 0 bridgehead atoms. The first kappa shape index (κ1) is 20.8. The van der Waals surface area contributed by atoms with Gasteiger partial charge < -0.3 is 9.80 Å². The van der Waals surface area contributed by atoms with E-state index in [1.807, 2.05) is 4.90 Å². The minimum atomic E-state index is -4.46. The molecule has 1 aliphatic rings. The number of hydrogen-bond acceptors (Lipinski definition) is 4. The lowest BCUT2D eigenvalue weighted by Gasteiger charge is -2.35. The number of pyridine rings is 1. The summed E-state index contributed by atoms with van der Waals surface area (Å²) < 4.78 is 53.4. The van der Waals surface area contributed by atoms with Gasteiger partial charge in [-0.15, -0.1) is 0 Å². The van der Waals surface area contributed by atoms with Crippen LogP contribution in [0.5, 0.6) is 0 Å².